The minimum atomic E-state index is -0.371. The monoisotopic (exact) mass is 470 g/mol. The zero-order chi connectivity index (χ0) is 23.8. The van der Waals surface area contributed by atoms with E-state index in [4.69, 9.17) is 9.15 Å². The largest absolute Gasteiger partial charge is 0.447 e. The number of benzene rings is 2. The number of nitrogens with zero attached hydrogens (tertiary/aromatic N) is 3. The highest BCUT2D eigenvalue weighted by molar-refractivity contribution is 5.91. The lowest BCUT2D eigenvalue weighted by Gasteiger charge is -2.29. The van der Waals surface area contributed by atoms with Crippen molar-refractivity contribution in [3.8, 4) is 0 Å². The third-order valence-corrected chi connectivity index (χ3v) is 5.64. The lowest BCUT2D eigenvalue weighted by Crippen LogP contribution is -2.41. The molecule has 0 saturated carbocycles. The van der Waals surface area contributed by atoms with Gasteiger partial charge in [-0.2, -0.15) is 0 Å². The molecule has 0 unspecified atom stereocenters. The molecule has 2 aromatic carbocycles. The SMILES string of the molecule is O=C(NCc1ccc(F)cc1)c1coc(CN(CCN2CCOCC2)Cc2cccc(F)c2)n1. The highest BCUT2D eigenvalue weighted by atomic mass is 19.1. The van der Waals surface area contributed by atoms with Gasteiger partial charge in [-0.25, -0.2) is 13.8 Å². The average molecular weight is 471 g/mol. The zero-order valence-electron chi connectivity index (χ0n) is 18.9. The molecule has 180 valence electrons. The predicted octanol–water partition coefficient (Wildman–Crippen LogP) is 3.22. The number of rotatable bonds is 10. The number of nitrogens with one attached hydrogen (secondary N) is 1. The van der Waals surface area contributed by atoms with Crippen LogP contribution >= 0.6 is 0 Å². The number of carbonyl (C=O) groups is 1. The number of morpholine rings is 1. The van der Waals surface area contributed by atoms with E-state index in [1.165, 1.54) is 30.5 Å². The molecule has 1 aliphatic heterocycles. The summed E-state index contributed by atoms with van der Waals surface area (Å²) in [6, 6.07) is 12.4. The summed E-state index contributed by atoms with van der Waals surface area (Å²) in [6.45, 7) is 5.93. The van der Waals surface area contributed by atoms with Crippen molar-refractivity contribution in [2.24, 2.45) is 0 Å². The Morgan fingerprint density at radius 3 is 2.59 bits per heavy atom. The van der Waals surface area contributed by atoms with Crippen LogP contribution in [0.15, 0.2) is 59.2 Å². The molecule has 0 radical (unpaired) electrons. The summed E-state index contributed by atoms with van der Waals surface area (Å²) in [5.41, 5.74) is 1.81. The van der Waals surface area contributed by atoms with Crippen LogP contribution in [0.3, 0.4) is 0 Å². The Bertz CT molecular complexity index is 1070. The van der Waals surface area contributed by atoms with Crippen LogP contribution in [0.25, 0.3) is 0 Å². The van der Waals surface area contributed by atoms with Crippen molar-refractivity contribution in [1.82, 2.24) is 20.1 Å². The second kappa shape index (κ2) is 11.8. The number of carbonyl (C=O) groups excluding carboxylic acids is 1. The molecule has 0 spiro atoms. The Hall–Kier alpha value is -3.14. The lowest BCUT2D eigenvalue weighted by atomic mass is 10.2. The average Bonchev–Trinajstić information content (AvgIpc) is 3.31. The number of hydrogen-bond acceptors (Lipinski definition) is 6. The van der Waals surface area contributed by atoms with Crippen LogP contribution in [-0.2, 0) is 24.4 Å². The van der Waals surface area contributed by atoms with E-state index in [0.717, 1.165) is 50.5 Å². The Morgan fingerprint density at radius 1 is 1.03 bits per heavy atom. The van der Waals surface area contributed by atoms with E-state index in [9.17, 15) is 13.6 Å². The fourth-order valence-corrected chi connectivity index (χ4v) is 3.77. The lowest BCUT2D eigenvalue weighted by molar-refractivity contribution is 0.0320. The fraction of sp³-hybridized carbons (Fsp3) is 0.360. The van der Waals surface area contributed by atoms with Crippen LogP contribution in [0, 0.1) is 11.6 Å². The van der Waals surface area contributed by atoms with Crippen LogP contribution in [0.1, 0.15) is 27.5 Å². The number of ether oxygens (including phenoxy) is 1. The second-order valence-corrected chi connectivity index (χ2v) is 8.23. The molecule has 1 N–H and O–H groups in total. The molecule has 0 bridgehead atoms. The van der Waals surface area contributed by atoms with Crippen LogP contribution in [-0.4, -0.2) is 60.1 Å². The van der Waals surface area contributed by atoms with Gasteiger partial charge in [0.25, 0.3) is 5.91 Å². The van der Waals surface area contributed by atoms with Crippen molar-refractivity contribution < 1.29 is 22.7 Å². The van der Waals surface area contributed by atoms with Gasteiger partial charge in [-0.15, -0.1) is 0 Å². The third-order valence-electron chi connectivity index (χ3n) is 5.64. The quantitative estimate of drug-likeness (QED) is 0.491. The van der Waals surface area contributed by atoms with Gasteiger partial charge < -0.3 is 14.5 Å². The van der Waals surface area contributed by atoms with Gasteiger partial charge in [0.05, 0.1) is 19.8 Å². The second-order valence-electron chi connectivity index (χ2n) is 8.23. The first-order valence-corrected chi connectivity index (χ1v) is 11.3. The number of hydrogen-bond donors (Lipinski definition) is 1. The summed E-state index contributed by atoms with van der Waals surface area (Å²) in [4.78, 5) is 21.3. The van der Waals surface area contributed by atoms with Gasteiger partial charge in [0.2, 0.25) is 5.89 Å². The summed E-state index contributed by atoms with van der Waals surface area (Å²) in [7, 11) is 0. The Morgan fingerprint density at radius 2 is 1.82 bits per heavy atom. The van der Waals surface area contributed by atoms with Crippen LogP contribution < -0.4 is 5.32 Å². The van der Waals surface area contributed by atoms with E-state index in [1.807, 2.05) is 6.07 Å². The van der Waals surface area contributed by atoms with E-state index in [0.29, 0.717) is 19.0 Å². The Balaban J connectivity index is 1.36. The first-order chi connectivity index (χ1) is 16.5. The van der Waals surface area contributed by atoms with Crippen molar-refractivity contribution in [3.05, 3.63) is 89.1 Å². The summed E-state index contributed by atoms with van der Waals surface area (Å²) in [6.07, 6.45) is 1.33. The Labute approximate surface area is 197 Å². The highest BCUT2D eigenvalue weighted by Crippen LogP contribution is 2.13. The molecular formula is C25H28F2N4O3. The van der Waals surface area contributed by atoms with Gasteiger partial charge in [-0.1, -0.05) is 24.3 Å². The van der Waals surface area contributed by atoms with E-state index in [-0.39, 0.29) is 29.8 Å². The van der Waals surface area contributed by atoms with E-state index in [1.54, 1.807) is 18.2 Å². The zero-order valence-corrected chi connectivity index (χ0v) is 18.9. The van der Waals surface area contributed by atoms with E-state index < -0.39 is 0 Å². The maximum atomic E-state index is 13.7. The van der Waals surface area contributed by atoms with Crippen molar-refractivity contribution in [2.75, 3.05) is 39.4 Å². The molecule has 1 aliphatic rings. The highest BCUT2D eigenvalue weighted by Gasteiger charge is 2.17. The van der Waals surface area contributed by atoms with Gasteiger partial charge in [-0.05, 0) is 35.4 Å². The first-order valence-electron chi connectivity index (χ1n) is 11.3. The van der Waals surface area contributed by atoms with Gasteiger partial charge in [0, 0.05) is 39.3 Å². The molecule has 1 saturated heterocycles. The molecule has 3 aromatic rings. The van der Waals surface area contributed by atoms with Gasteiger partial charge in [0.15, 0.2) is 5.69 Å². The minimum absolute atomic E-state index is 0.177. The van der Waals surface area contributed by atoms with Crippen LogP contribution in [0.5, 0.6) is 0 Å². The van der Waals surface area contributed by atoms with Crippen LogP contribution in [0.2, 0.25) is 0 Å². The molecule has 1 aromatic heterocycles. The molecule has 0 atom stereocenters. The standard InChI is InChI=1S/C25H28F2N4O3/c26-21-6-4-19(5-7-21)15-28-25(32)23-18-34-24(29-23)17-31(9-8-30-10-12-33-13-11-30)16-20-2-1-3-22(27)14-20/h1-7,14,18H,8-13,15-17H2,(H,28,32). The van der Waals surface area contributed by atoms with Crippen molar-refractivity contribution in [1.29, 1.82) is 0 Å². The summed E-state index contributed by atoms with van der Waals surface area (Å²) < 4.78 is 37.7. The minimum Gasteiger partial charge on any atom is -0.447 e. The molecule has 34 heavy (non-hydrogen) atoms. The smallest absolute Gasteiger partial charge is 0.273 e. The maximum absolute atomic E-state index is 13.7. The number of halogens is 2. The van der Waals surface area contributed by atoms with Crippen molar-refractivity contribution in [2.45, 2.75) is 19.6 Å². The number of aromatic nitrogens is 1. The molecule has 2 heterocycles. The fourth-order valence-electron chi connectivity index (χ4n) is 3.77. The summed E-state index contributed by atoms with van der Waals surface area (Å²) in [5, 5.41) is 2.76. The van der Waals surface area contributed by atoms with Gasteiger partial charge in [-0.3, -0.25) is 14.6 Å². The number of amides is 1. The number of oxazole rings is 1. The molecule has 9 heteroatoms. The van der Waals surface area contributed by atoms with Crippen molar-refractivity contribution in [3.63, 3.8) is 0 Å². The normalized spacial score (nSPS) is 14.4. The van der Waals surface area contributed by atoms with Crippen molar-refractivity contribution >= 4 is 5.91 Å². The van der Waals surface area contributed by atoms with E-state index >= 15 is 0 Å². The topological polar surface area (TPSA) is 70.8 Å². The molecule has 0 aliphatic carbocycles. The first kappa shape index (κ1) is 24.0. The summed E-state index contributed by atoms with van der Waals surface area (Å²) in [5.74, 6) is -0.566. The Kier molecular flexibility index (Phi) is 8.35. The molecule has 7 nitrogen and oxygen atoms in total. The van der Waals surface area contributed by atoms with E-state index in [2.05, 4.69) is 20.1 Å². The maximum Gasteiger partial charge on any atom is 0.273 e. The van der Waals surface area contributed by atoms with Gasteiger partial charge in [0.1, 0.15) is 17.9 Å². The summed E-state index contributed by atoms with van der Waals surface area (Å²) >= 11 is 0. The molecule has 1 amide bonds. The van der Waals surface area contributed by atoms with Crippen LogP contribution in [0.4, 0.5) is 8.78 Å². The third kappa shape index (κ3) is 7.18. The van der Waals surface area contributed by atoms with Gasteiger partial charge >= 0.3 is 0 Å². The molecule has 4 rings (SSSR count). The molecular weight excluding hydrogens is 442 g/mol. The predicted molar refractivity (Wildman–Crippen MR) is 122 cm³/mol. The molecule has 1 fully saturated rings.